The molecule has 0 amide bonds. The van der Waals surface area contributed by atoms with E-state index in [1.54, 1.807) is 6.07 Å². The molecule has 1 atom stereocenters. The Morgan fingerprint density at radius 1 is 1.25 bits per heavy atom. The van der Waals surface area contributed by atoms with E-state index in [0.717, 1.165) is 25.3 Å². The molecule has 16 heavy (non-hydrogen) atoms. The Morgan fingerprint density at radius 3 is 2.56 bits per heavy atom. The lowest BCUT2D eigenvalue weighted by atomic mass is 10.0. The van der Waals surface area contributed by atoms with Crippen molar-refractivity contribution in [2.45, 2.75) is 38.6 Å². The van der Waals surface area contributed by atoms with Crippen LogP contribution in [0.5, 0.6) is 0 Å². The first-order valence-corrected chi connectivity index (χ1v) is 5.36. The van der Waals surface area contributed by atoms with E-state index in [4.69, 9.17) is 5.73 Å². The maximum absolute atomic E-state index is 13.3. The highest BCUT2D eigenvalue weighted by atomic mass is 35.5. The highest BCUT2D eigenvalue weighted by Gasteiger charge is 2.13. The van der Waals surface area contributed by atoms with Crippen molar-refractivity contribution in [3.05, 3.63) is 35.4 Å². The predicted octanol–water partition coefficient (Wildman–Crippen LogP) is 3.97. The predicted molar refractivity (Wildman–Crippen MR) is 64.7 cm³/mol. The molecule has 0 aliphatic carbocycles. The third kappa shape index (κ3) is 4.06. The first-order valence-electron chi connectivity index (χ1n) is 5.36. The zero-order valence-corrected chi connectivity index (χ0v) is 10.2. The number of unbranched alkanes of at least 4 members (excludes halogenated alkanes) is 2. The van der Waals surface area contributed by atoms with Gasteiger partial charge in [-0.1, -0.05) is 38.3 Å². The summed E-state index contributed by atoms with van der Waals surface area (Å²) >= 11 is 0. The molecule has 0 unspecified atom stereocenters. The largest absolute Gasteiger partial charge is 0.324 e. The number of nitrogens with two attached hydrogens (primary N) is 1. The molecule has 0 saturated carbocycles. The molecule has 1 aromatic carbocycles. The molecule has 0 bridgehead atoms. The van der Waals surface area contributed by atoms with Crippen molar-refractivity contribution in [2.24, 2.45) is 5.73 Å². The molecule has 4 heteroatoms. The van der Waals surface area contributed by atoms with E-state index in [1.807, 2.05) is 0 Å². The summed E-state index contributed by atoms with van der Waals surface area (Å²) in [6.45, 7) is 2.09. The van der Waals surface area contributed by atoms with Gasteiger partial charge in [0.25, 0.3) is 0 Å². The van der Waals surface area contributed by atoms with Gasteiger partial charge in [-0.05, 0) is 12.5 Å². The Labute approximate surface area is 101 Å². The third-order valence-corrected chi connectivity index (χ3v) is 2.50. The third-order valence-electron chi connectivity index (χ3n) is 2.50. The lowest BCUT2D eigenvalue weighted by Gasteiger charge is -2.12. The van der Waals surface area contributed by atoms with E-state index in [2.05, 4.69) is 6.92 Å². The minimum Gasteiger partial charge on any atom is -0.324 e. The summed E-state index contributed by atoms with van der Waals surface area (Å²) in [5.41, 5.74) is 6.08. The average Bonchev–Trinajstić information content (AvgIpc) is 2.22. The van der Waals surface area contributed by atoms with Crippen LogP contribution in [-0.2, 0) is 0 Å². The van der Waals surface area contributed by atoms with Crippen LogP contribution in [0, 0.1) is 11.6 Å². The zero-order chi connectivity index (χ0) is 11.3. The van der Waals surface area contributed by atoms with Crippen molar-refractivity contribution in [1.29, 1.82) is 0 Å². The van der Waals surface area contributed by atoms with Crippen LogP contribution in [0.4, 0.5) is 8.78 Å². The van der Waals surface area contributed by atoms with E-state index in [1.165, 1.54) is 6.07 Å². The van der Waals surface area contributed by atoms with Crippen LogP contribution in [0.25, 0.3) is 0 Å². The Bertz CT molecular complexity index is 318. The van der Waals surface area contributed by atoms with Crippen LogP contribution in [-0.4, -0.2) is 0 Å². The van der Waals surface area contributed by atoms with E-state index in [9.17, 15) is 8.78 Å². The van der Waals surface area contributed by atoms with E-state index in [0.29, 0.717) is 6.42 Å². The number of benzene rings is 1. The summed E-state index contributed by atoms with van der Waals surface area (Å²) in [5.74, 6) is -1.63. The van der Waals surface area contributed by atoms with Crippen LogP contribution in [0.2, 0.25) is 0 Å². The van der Waals surface area contributed by atoms with Gasteiger partial charge in [-0.2, -0.15) is 0 Å². The maximum atomic E-state index is 13.3. The fourth-order valence-electron chi connectivity index (χ4n) is 1.58. The first-order chi connectivity index (χ1) is 7.16. The first kappa shape index (κ1) is 15.3. The molecular weight excluding hydrogens is 232 g/mol. The van der Waals surface area contributed by atoms with Gasteiger partial charge in [-0.15, -0.1) is 12.4 Å². The number of rotatable bonds is 5. The molecule has 0 heterocycles. The van der Waals surface area contributed by atoms with Gasteiger partial charge in [-0.3, -0.25) is 0 Å². The molecule has 0 aliphatic heterocycles. The monoisotopic (exact) mass is 249 g/mol. The molecule has 2 N–H and O–H groups in total. The summed E-state index contributed by atoms with van der Waals surface area (Å²) in [4.78, 5) is 0. The van der Waals surface area contributed by atoms with Gasteiger partial charge in [0, 0.05) is 11.6 Å². The Kier molecular flexibility index (Phi) is 7.26. The zero-order valence-electron chi connectivity index (χ0n) is 9.38. The Balaban J connectivity index is 0.00000225. The molecule has 1 aromatic rings. The standard InChI is InChI=1S/C12H17F2N.ClH/c1-2-3-4-8-11(15)9-6-5-7-10(13)12(9)14;/h5-7,11H,2-4,8,15H2,1H3;1H/t11-;/m0./s1. The number of halogens is 3. The van der Waals surface area contributed by atoms with Gasteiger partial charge < -0.3 is 5.73 Å². The summed E-state index contributed by atoms with van der Waals surface area (Å²) in [6, 6.07) is 3.76. The summed E-state index contributed by atoms with van der Waals surface area (Å²) < 4.78 is 26.2. The minimum atomic E-state index is -0.821. The lowest BCUT2D eigenvalue weighted by Crippen LogP contribution is -2.12. The van der Waals surface area contributed by atoms with E-state index in [-0.39, 0.29) is 18.0 Å². The maximum Gasteiger partial charge on any atom is 0.163 e. The summed E-state index contributed by atoms with van der Waals surface area (Å²) in [7, 11) is 0. The van der Waals surface area contributed by atoms with Gasteiger partial charge in [0.2, 0.25) is 0 Å². The topological polar surface area (TPSA) is 26.0 Å². The molecule has 0 aromatic heterocycles. The second-order valence-corrected chi connectivity index (χ2v) is 3.75. The number of hydrogen-bond donors (Lipinski definition) is 1. The smallest absolute Gasteiger partial charge is 0.163 e. The molecule has 1 rings (SSSR count). The number of hydrogen-bond acceptors (Lipinski definition) is 1. The van der Waals surface area contributed by atoms with Gasteiger partial charge >= 0.3 is 0 Å². The van der Waals surface area contributed by atoms with Crippen LogP contribution in [0.1, 0.15) is 44.2 Å². The molecular formula is C12H18ClF2N. The van der Waals surface area contributed by atoms with Gasteiger partial charge in [0.15, 0.2) is 11.6 Å². The highest BCUT2D eigenvalue weighted by molar-refractivity contribution is 5.85. The normalized spacial score (nSPS) is 12.0. The van der Waals surface area contributed by atoms with Crippen molar-refractivity contribution >= 4 is 12.4 Å². The van der Waals surface area contributed by atoms with E-state index >= 15 is 0 Å². The summed E-state index contributed by atoms with van der Waals surface area (Å²) in [5, 5.41) is 0. The molecule has 0 spiro atoms. The van der Waals surface area contributed by atoms with Gasteiger partial charge in [0.05, 0.1) is 0 Å². The molecule has 92 valence electrons. The van der Waals surface area contributed by atoms with Crippen LogP contribution < -0.4 is 5.73 Å². The molecule has 1 nitrogen and oxygen atoms in total. The van der Waals surface area contributed by atoms with Crippen LogP contribution >= 0.6 is 12.4 Å². The lowest BCUT2D eigenvalue weighted by molar-refractivity contribution is 0.478. The summed E-state index contributed by atoms with van der Waals surface area (Å²) in [6.07, 6.45) is 3.82. The van der Waals surface area contributed by atoms with Crippen molar-refractivity contribution in [1.82, 2.24) is 0 Å². The molecule has 0 fully saturated rings. The fraction of sp³-hybridized carbons (Fsp3) is 0.500. The second kappa shape index (κ2) is 7.58. The highest BCUT2D eigenvalue weighted by Crippen LogP contribution is 2.21. The molecule has 0 saturated heterocycles. The molecule has 0 radical (unpaired) electrons. The van der Waals surface area contributed by atoms with Crippen molar-refractivity contribution in [3.63, 3.8) is 0 Å². The van der Waals surface area contributed by atoms with Crippen LogP contribution in [0.15, 0.2) is 18.2 Å². The molecule has 0 aliphatic rings. The van der Waals surface area contributed by atoms with Gasteiger partial charge in [-0.25, -0.2) is 8.78 Å². The van der Waals surface area contributed by atoms with Gasteiger partial charge in [0.1, 0.15) is 0 Å². The van der Waals surface area contributed by atoms with Crippen molar-refractivity contribution < 1.29 is 8.78 Å². The van der Waals surface area contributed by atoms with Crippen LogP contribution in [0.3, 0.4) is 0 Å². The van der Waals surface area contributed by atoms with Crippen molar-refractivity contribution in [3.8, 4) is 0 Å². The minimum absolute atomic E-state index is 0. The quantitative estimate of drug-likeness (QED) is 0.786. The SMILES string of the molecule is CCCCC[C@H](N)c1cccc(F)c1F.Cl. The average molecular weight is 250 g/mol. The Morgan fingerprint density at radius 2 is 1.94 bits per heavy atom. The van der Waals surface area contributed by atoms with Crippen molar-refractivity contribution in [2.75, 3.05) is 0 Å². The Hall–Kier alpha value is -0.670. The second-order valence-electron chi connectivity index (χ2n) is 3.75. The fourth-order valence-corrected chi connectivity index (χ4v) is 1.58. The van der Waals surface area contributed by atoms with E-state index < -0.39 is 17.7 Å².